The Morgan fingerprint density at radius 3 is 2.73 bits per heavy atom. The number of rotatable bonds is 4. The van der Waals surface area contributed by atoms with Gasteiger partial charge >= 0.3 is 0 Å². The summed E-state index contributed by atoms with van der Waals surface area (Å²) in [7, 11) is -1.50. The number of nitrogens with zero attached hydrogens (tertiary/aromatic N) is 4. The zero-order valence-electron chi connectivity index (χ0n) is 17.2. The van der Waals surface area contributed by atoms with Gasteiger partial charge in [-0.2, -0.15) is 4.31 Å². The monoisotopic (exact) mass is 431 g/mol. The van der Waals surface area contributed by atoms with Gasteiger partial charge in [0.15, 0.2) is 0 Å². The number of nitrogen functional groups attached to an aromatic ring is 1. The van der Waals surface area contributed by atoms with Crippen molar-refractivity contribution in [3.05, 3.63) is 46.7 Å². The number of pyridine rings is 2. The number of sulfonamides is 1. The molecule has 9 nitrogen and oxygen atoms in total. The van der Waals surface area contributed by atoms with Gasteiger partial charge in [-0.15, -0.1) is 0 Å². The molecule has 4 rings (SSSR count). The van der Waals surface area contributed by atoms with Crippen molar-refractivity contribution < 1.29 is 12.8 Å². The van der Waals surface area contributed by atoms with Gasteiger partial charge in [0.25, 0.3) is 5.56 Å². The lowest BCUT2D eigenvalue weighted by Gasteiger charge is -2.38. The molecule has 30 heavy (non-hydrogen) atoms. The molecule has 4 heterocycles. The summed E-state index contributed by atoms with van der Waals surface area (Å²) in [5.74, 6) is 1.05. The summed E-state index contributed by atoms with van der Waals surface area (Å²) in [6.07, 6.45) is 4.59. The molecule has 1 saturated heterocycles. The Labute approximate surface area is 174 Å². The minimum Gasteiger partial charge on any atom is -0.459 e. The quantitative estimate of drug-likeness (QED) is 0.661. The topological polar surface area (TPSA) is 115 Å². The predicted molar refractivity (Wildman–Crippen MR) is 115 cm³/mol. The molecular weight excluding hydrogens is 406 g/mol. The van der Waals surface area contributed by atoms with E-state index in [1.54, 1.807) is 31.6 Å². The van der Waals surface area contributed by atoms with E-state index in [9.17, 15) is 13.2 Å². The molecule has 3 aromatic rings. The fourth-order valence-electron chi connectivity index (χ4n) is 3.90. The maximum Gasteiger partial charge on any atom is 0.261 e. The summed E-state index contributed by atoms with van der Waals surface area (Å²) < 4.78 is 32.8. The number of furan rings is 1. The Morgan fingerprint density at radius 1 is 1.30 bits per heavy atom. The average Bonchev–Trinajstić information content (AvgIpc) is 3.09. The van der Waals surface area contributed by atoms with E-state index in [4.69, 9.17) is 10.2 Å². The SMILES string of the molecule is C[C@@H]1CN(S(C)(=O)=O)CCN1Cc1cc2c(=O)n(C)cc(-c3ccnc(N)c3)c2o1. The highest BCUT2D eigenvalue weighted by Crippen LogP contribution is 2.30. The van der Waals surface area contributed by atoms with Crippen molar-refractivity contribution in [1.29, 1.82) is 0 Å². The molecule has 0 radical (unpaired) electrons. The summed E-state index contributed by atoms with van der Waals surface area (Å²) in [5.41, 5.74) is 7.79. The summed E-state index contributed by atoms with van der Waals surface area (Å²) in [4.78, 5) is 18.9. The number of piperazine rings is 1. The maximum atomic E-state index is 12.7. The lowest BCUT2D eigenvalue weighted by atomic mass is 10.1. The Hall–Kier alpha value is -2.69. The van der Waals surface area contributed by atoms with Crippen LogP contribution in [0.15, 0.2) is 39.8 Å². The molecule has 10 heteroatoms. The lowest BCUT2D eigenvalue weighted by Crippen LogP contribution is -2.52. The molecule has 0 aliphatic carbocycles. The van der Waals surface area contributed by atoms with Crippen LogP contribution in [0.3, 0.4) is 0 Å². The fraction of sp³-hybridized carbons (Fsp3) is 0.400. The minimum atomic E-state index is -3.20. The van der Waals surface area contributed by atoms with Gasteiger partial charge in [-0.25, -0.2) is 13.4 Å². The predicted octanol–water partition coefficient (Wildman–Crippen LogP) is 1.24. The van der Waals surface area contributed by atoms with Crippen molar-refractivity contribution in [2.75, 3.05) is 31.6 Å². The van der Waals surface area contributed by atoms with E-state index in [0.29, 0.717) is 48.7 Å². The highest BCUT2D eigenvalue weighted by atomic mass is 32.2. The van der Waals surface area contributed by atoms with Gasteiger partial charge in [-0.1, -0.05) is 0 Å². The van der Waals surface area contributed by atoms with Crippen LogP contribution < -0.4 is 11.3 Å². The molecule has 2 N–H and O–H groups in total. The van der Waals surface area contributed by atoms with Crippen LogP contribution in [0.4, 0.5) is 5.82 Å². The second-order valence-electron chi connectivity index (χ2n) is 7.82. The first kappa shape index (κ1) is 20.6. The molecule has 0 spiro atoms. The number of anilines is 1. The van der Waals surface area contributed by atoms with E-state index in [0.717, 1.165) is 11.1 Å². The molecule has 1 aliphatic rings. The molecule has 1 aliphatic heterocycles. The number of nitrogens with two attached hydrogens (primary N) is 1. The molecule has 0 aromatic carbocycles. The normalized spacial score (nSPS) is 18.8. The number of aryl methyl sites for hydroxylation is 1. The molecular formula is C20H25N5O4S. The summed E-state index contributed by atoms with van der Waals surface area (Å²) in [6, 6.07) is 5.38. The summed E-state index contributed by atoms with van der Waals surface area (Å²) in [6.45, 7) is 3.95. The van der Waals surface area contributed by atoms with Crippen molar-refractivity contribution in [3.63, 3.8) is 0 Å². The second kappa shape index (κ2) is 7.53. The molecule has 0 amide bonds. The third-order valence-corrected chi connectivity index (χ3v) is 6.82. The number of hydrogen-bond donors (Lipinski definition) is 1. The van der Waals surface area contributed by atoms with Crippen molar-refractivity contribution in [1.82, 2.24) is 18.8 Å². The summed E-state index contributed by atoms with van der Waals surface area (Å²) >= 11 is 0. The van der Waals surface area contributed by atoms with E-state index in [1.165, 1.54) is 15.1 Å². The van der Waals surface area contributed by atoms with Crippen LogP contribution in [0, 0.1) is 0 Å². The number of hydrogen-bond acceptors (Lipinski definition) is 7. The van der Waals surface area contributed by atoms with E-state index < -0.39 is 10.0 Å². The van der Waals surface area contributed by atoms with Gasteiger partial charge in [-0.3, -0.25) is 9.69 Å². The van der Waals surface area contributed by atoms with Crippen LogP contribution in [-0.2, 0) is 23.6 Å². The first-order chi connectivity index (χ1) is 14.1. The van der Waals surface area contributed by atoms with E-state index in [1.807, 2.05) is 13.0 Å². The molecule has 0 bridgehead atoms. The van der Waals surface area contributed by atoms with Crippen molar-refractivity contribution >= 4 is 26.8 Å². The van der Waals surface area contributed by atoms with Crippen molar-refractivity contribution in [2.45, 2.75) is 19.5 Å². The van der Waals surface area contributed by atoms with Crippen LogP contribution in [0.5, 0.6) is 0 Å². The lowest BCUT2D eigenvalue weighted by molar-refractivity contribution is 0.115. The molecule has 0 unspecified atom stereocenters. The molecule has 1 atom stereocenters. The highest BCUT2D eigenvalue weighted by molar-refractivity contribution is 7.88. The average molecular weight is 432 g/mol. The van der Waals surface area contributed by atoms with Gasteiger partial charge in [0.05, 0.1) is 18.2 Å². The standard InChI is InChI=1S/C20H25N5O4S/c1-13-10-25(30(3,27)28)7-6-24(13)11-15-9-16-19(29-15)17(12-23(2)20(16)26)14-4-5-22-18(21)8-14/h4-5,8-9,12-13H,6-7,10-11H2,1-3H3,(H2,21,22)/t13-/m1/s1. The van der Waals surface area contributed by atoms with E-state index >= 15 is 0 Å². The Bertz CT molecular complexity index is 1260. The Morgan fingerprint density at radius 2 is 2.07 bits per heavy atom. The van der Waals surface area contributed by atoms with Crippen molar-refractivity contribution in [3.8, 4) is 11.1 Å². The molecule has 3 aromatic heterocycles. The summed E-state index contributed by atoms with van der Waals surface area (Å²) in [5, 5.41) is 0.503. The second-order valence-corrected chi connectivity index (χ2v) is 9.81. The Kier molecular flexibility index (Phi) is 5.16. The van der Waals surface area contributed by atoms with Gasteiger partial charge in [-0.05, 0) is 30.7 Å². The van der Waals surface area contributed by atoms with Crippen LogP contribution in [0.25, 0.3) is 22.1 Å². The van der Waals surface area contributed by atoms with Gasteiger partial charge in [0.1, 0.15) is 17.2 Å². The first-order valence-corrected chi connectivity index (χ1v) is 11.5. The number of fused-ring (bicyclic) bond motifs is 1. The minimum absolute atomic E-state index is 0.0315. The third-order valence-electron chi connectivity index (χ3n) is 5.55. The van der Waals surface area contributed by atoms with Crippen LogP contribution in [0.2, 0.25) is 0 Å². The van der Waals surface area contributed by atoms with Gasteiger partial charge < -0.3 is 14.7 Å². The molecule has 160 valence electrons. The molecule has 0 saturated carbocycles. The van der Waals surface area contributed by atoms with Gasteiger partial charge in [0.2, 0.25) is 10.0 Å². The smallest absolute Gasteiger partial charge is 0.261 e. The third kappa shape index (κ3) is 3.85. The van der Waals surface area contributed by atoms with Crippen molar-refractivity contribution in [2.24, 2.45) is 7.05 Å². The maximum absolute atomic E-state index is 12.7. The zero-order chi connectivity index (χ0) is 21.6. The number of aromatic nitrogens is 2. The van der Waals surface area contributed by atoms with E-state index in [2.05, 4.69) is 9.88 Å². The van der Waals surface area contributed by atoms with Gasteiger partial charge in [0, 0.05) is 50.7 Å². The Balaban J connectivity index is 1.68. The zero-order valence-corrected chi connectivity index (χ0v) is 18.0. The van der Waals surface area contributed by atoms with E-state index in [-0.39, 0.29) is 11.6 Å². The van der Waals surface area contributed by atoms with Crippen LogP contribution in [-0.4, -0.2) is 59.1 Å². The first-order valence-electron chi connectivity index (χ1n) is 9.66. The fourth-order valence-corrected chi connectivity index (χ4v) is 4.80. The van der Waals surface area contributed by atoms with Crippen LogP contribution >= 0.6 is 0 Å². The largest absolute Gasteiger partial charge is 0.459 e. The highest BCUT2D eigenvalue weighted by Gasteiger charge is 2.29. The molecule has 1 fully saturated rings. The van der Waals surface area contributed by atoms with Crippen LogP contribution in [0.1, 0.15) is 12.7 Å².